The Kier molecular flexibility index (Phi) is 3.61. The minimum Gasteiger partial charge on any atom is -0.408 e. The molecule has 9 heteroatoms. The fourth-order valence-electron chi connectivity index (χ4n) is 2.79. The van der Waals surface area contributed by atoms with E-state index in [0.717, 1.165) is 0 Å². The summed E-state index contributed by atoms with van der Waals surface area (Å²) >= 11 is 12.4. The van der Waals surface area contributed by atoms with Crippen LogP contribution in [0.1, 0.15) is 15.9 Å². The van der Waals surface area contributed by atoms with Crippen LogP contribution in [0.5, 0.6) is 0 Å². The number of aryl methyl sites for hydroxylation is 2. The molecule has 2 aromatic carbocycles. The Balaban J connectivity index is 1.95. The molecular formula is C17H10Cl2N2O5. The molecule has 0 N–H and O–H groups in total. The van der Waals surface area contributed by atoms with Gasteiger partial charge in [0.25, 0.3) is 0 Å². The highest BCUT2D eigenvalue weighted by molar-refractivity contribution is 6.39. The van der Waals surface area contributed by atoms with Crippen molar-refractivity contribution < 1.29 is 13.6 Å². The van der Waals surface area contributed by atoms with Crippen LogP contribution in [0.4, 0.5) is 0 Å². The van der Waals surface area contributed by atoms with E-state index in [-0.39, 0.29) is 32.3 Å². The highest BCUT2D eigenvalue weighted by atomic mass is 35.5. The van der Waals surface area contributed by atoms with Crippen molar-refractivity contribution in [2.45, 2.75) is 0 Å². The molecule has 4 aromatic rings. The Morgan fingerprint density at radius 3 is 1.58 bits per heavy atom. The summed E-state index contributed by atoms with van der Waals surface area (Å²) in [6, 6.07) is 5.76. The van der Waals surface area contributed by atoms with Crippen molar-refractivity contribution in [2.75, 3.05) is 0 Å². The predicted molar refractivity (Wildman–Crippen MR) is 96.4 cm³/mol. The average molecular weight is 393 g/mol. The van der Waals surface area contributed by atoms with E-state index in [1.165, 1.54) is 47.5 Å². The minimum atomic E-state index is -0.562. The molecule has 7 nitrogen and oxygen atoms in total. The number of halogens is 2. The van der Waals surface area contributed by atoms with Gasteiger partial charge < -0.3 is 8.83 Å². The number of nitrogens with zero attached hydrogens (tertiary/aromatic N) is 2. The number of rotatable bonds is 2. The van der Waals surface area contributed by atoms with Crippen LogP contribution in [0, 0.1) is 0 Å². The van der Waals surface area contributed by atoms with Gasteiger partial charge in [0.15, 0.2) is 16.9 Å². The first-order valence-corrected chi connectivity index (χ1v) is 8.16. The van der Waals surface area contributed by atoms with E-state index in [0.29, 0.717) is 11.0 Å². The van der Waals surface area contributed by atoms with Crippen LogP contribution in [0.15, 0.2) is 42.7 Å². The molecular weight excluding hydrogens is 383 g/mol. The van der Waals surface area contributed by atoms with Gasteiger partial charge in [-0.25, -0.2) is 9.59 Å². The Morgan fingerprint density at radius 2 is 1.19 bits per heavy atom. The Hall–Kier alpha value is -2.77. The number of ketones is 1. The maximum Gasteiger partial charge on any atom is 0.419 e. The van der Waals surface area contributed by atoms with Crippen LogP contribution >= 0.6 is 23.2 Å². The lowest BCUT2D eigenvalue weighted by Gasteiger charge is -2.07. The van der Waals surface area contributed by atoms with E-state index < -0.39 is 17.3 Å². The van der Waals surface area contributed by atoms with Crippen molar-refractivity contribution >= 4 is 51.2 Å². The predicted octanol–water partition coefficient (Wildman–Crippen LogP) is 3.11. The second-order valence-corrected chi connectivity index (χ2v) is 6.60. The molecule has 0 saturated carbocycles. The summed E-state index contributed by atoms with van der Waals surface area (Å²) in [5.41, 5.74) is 1.72. The van der Waals surface area contributed by atoms with Crippen LogP contribution < -0.4 is 11.5 Å². The highest BCUT2D eigenvalue weighted by Crippen LogP contribution is 2.30. The monoisotopic (exact) mass is 392 g/mol. The third kappa shape index (κ3) is 2.32. The SMILES string of the molecule is Cn1c(=O)oc2cc(Cl)c(C(=O)c3cc4c(cc3Cl)oc(=O)n4C)cc21. The van der Waals surface area contributed by atoms with E-state index in [2.05, 4.69) is 0 Å². The second kappa shape index (κ2) is 5.62. The standard InChI is InChI=1S/C17H10Cl2N2O5/c1-20-11-3-7(9(18)5-13(11)25-16(20)23)15(22)8-4-12-14(6-10(8)19)26-17(24)21(12)2/h3-6H,1-2H3. The van der Waals surface area contributed by atoms with Crippen molar-refractivity contribution in [1.29, 1.82) is 0 Å². The summed E-state index contributed by atoms with van der Waals surface area (Å²) in [5.74, 6) is -1.58. The quantitative estimate of drug-likeness (QED) is 0.489. The van der Waals surface area contributed by atoms with Crippen LogP contribution in [0.2, 0.25) is 10.0 Å². The van der Waals surface area contributed by atoms with Gasteiger partial charge in [0, 0.05) is 37.4 Å². The summed E-state index contributed by atoms with van der Waals surface area (Å²) in [5, 5.41) is 0.239. The highest BCUT2D eigenvalue weighted by Gasteiger charge is 2.21. The van der Waals surface area contributed by atoms with Gasteiger partial charge in [-0.15, -0.1) is 0 Å². The van der Waals surface area contributed by atoms with Gasteiger partial charge in [-0.2, -0.15) is 0 Å². The molecule has 0 amide bonds. The number of fused-ring (bicyclic) bond motifs is 2. The van der Waals surface area contributed by atoms with E-state index in [4.69, 9.17) is 32.0 Å². The van der Waals surface area contributed by atoms with Crippen LogP contribution in [-0.4, -0.2) is 14.9 Å². The van der Waals surface area contributed by atoms with Crippen molar-refractivity contribution in [1.82, 2.24) is 9.13 Å². The zero-order valence-corrected chi connectivity index (χ0v) is 15.0. The summed E-state index contributed by atoms with van der Waals surface area (Å²) in [7, 11) is 3.05. The normalized spacial score (nSPS) is 11.5. The Labute approximate surface area is 154 Å². The number of hydrogen-bond acceptors (Lipinski definition) is 5. The second-order valence-electron chi connectivity index (χ2n) is 5.78. The molecule has 0 fully saturated rings. The summed E-state index contributed by atoms with van der Waals surface area (Å²) in [4.78, 5) is 36.3. The smallest absolute Gasteiger partial charge is 0.408 e. The molecule has 0 spiro atoms. The fourth-order valence-corrected chi connectivity index (χ4v) is 3.27. The number of oxazole rings is 2. The van der Waals surface area contributed by atoms with Crippen LogP contribution in [-0.2, 0) is 14.1 Å². The average Bonchev–Trinajstić information content (AvgIpc) is 3.01. The molecule has 0 aliphatic carbocycles. The van der Waals surface area contributed by atoms with Crippen molar-refractivity contribution in [2.24, 2.45) is 14.1 Å². The van der Waals surface area contributed by atoms with Gasteiger partial charge in [-0.05, 0) is 12.1 Å². The molecule has 0 radical (unpaired) electrons. The van der Waals surface area contributed by atoms with Crippen molar-refractivity contribution in [3.8, 4) is 0 Å². The summed E-state index contributed by atoms with van der Waals surface area (Å²) < 4.78 is 12.7. The van der Waals surface area contributed by atoms with Gasteiger partial charge in [0.1, 0.15) is 0 Å². The van der Waals surface area contributed by atoms with Crippen molar-refractivity contribution in [3.63, 3.8) is 0 Å². The number of benzene rings is 2. The van der Waals surface area contributed by atoms with Gasteiger partial charge in [0.2, 0.25) is 0 Å². The molecule has 26 heavy (non-hydrogen) atoms. The topological polar surface area (TPSA) is 87.3 Å². The zero-order chi connectivity index (χ0) is 18.7. The Morgan fingerprint density at radius 1 is 0.808 bits per heavy atom. The van der Waals surface area contributed by atoms with Crippen molar-refractivity contribution in [3.05, 3.63) is 66.5 Å². The van der Waals surface area contributed by atoms with Gasteiger partial charge in [-0.1, -0.05) is 23.2 Å². The third-order valence-electron chi connectivity index (χ3n) is 4.25. The van der Waals surface area contributed by atoms with E-state index in [9.17, 15) is 14.4 Å². The molecule has 0 atom stereocenters. The number of carbonyl (C=O) groups is 1. The van der Waals surface area contributed by atoms with Gasteiger partial charge >= 0.3 is 11.5 Å². The summed E-state index contributed by atoms with van der Waals surface area (Å²) in [6.07, 6.45) is 0. The Bertz CT molecular complexity index is 1240. The molecule has 0 saturated heterocycles. The molecule has 2 heterocycles. The first-order valence-electron chi connectivity index (χ1n) is 7.41. The molecule has 2 aromatic heterocycles. The van der Waals surface area contributed by atoms with Gasteiger partial charge in [-0.3, -0.25) is 13.9 Å². The molecule has 132 valence electrons. The first-order chi connectivity index (χ1) is 12.3. The van der Waals surface area contributed by atoms with Crippen LogP contribution in [0.25, 0.3) is 22.2 Å². The number of carbonyl (C=O) groups excluding carboxylic acids is 1. The molecule has 0 bridgehead atoms. The lowest BCUT2D eigenvalue weighted by molar-refractivity contribution is 0.103. The number of hydrogen-bond donors (Lipinski definition) is 0. The van der Waals surface area contributed by atoms with E-state index in [1.54, 1.807) is 0 Å². The largest absolute Gasteiger partial charge is 0.419 e. The molecule has 0 aliphatic rings. The van der Waals surface area contributed by atoms with E-state index >= 15 is 0 Å². The maximum atomic E-state index is 13.0. The fraction of sp³-hybridized carbons (Fsp3) is 0.118. The zero-order valence-electron chi connectivity index (χ0n) is 13.5. The van der Waals surface area contributed by atoms with E-state index in [1.807, 2.05) is 0 Å². The molecule has 4 rings (SSSR count). The van der Waals surface area contributed by atoms with Crippen LogP contribution in [0.3, 0.4) is 0 Å². The first kappa shape index (κ1) is 16.7. The number of aromatic nitrogens is 2. The van der Waals surface area contributed by atoms with Gasteiger partial charge in [0.05, 0.1) is 21.1 Å². The minimum absolute atomic E-state index is 0.120. The lowest BCUT2D eigenvalue weighted by Crippen LogP contribution is -2.10. The molecule has 0 unspecified atom stereocenters. The third-order valence-corrected chi connectivity index (χ3v) is 4.88. The lowest BCUT2D eigenvalue weighted by atomic mass is 10.0. The maximum absolute atomic E-state index is 13.0. The molecule has 0 aliphatic heterocycles. The summed E-state index contributed by atoms with van der Waals surface area (Å²) in [6.45, 7) is 0.